The van der Waals surface area contributed by atoms with Crippen LogP contribution in [0, 0.1) is 65.0 Å². The topological polar surface area (TPSA) is 93.1 Å². The van der Waals surface area contributed by atoms with Gasteiger partial charge in [0, 0.05) is 18.3 Å². The Hall–Kier alpha value is -2.14. The highest BCUT2D eigenvalue weighted by Gasteiger charge is 2.69. The van der Waals surface area contributed by atoms with Crippen molar-refractivity contribution in [3.05, 3.63) is 59.4 Å². The molecule has 10 heteroatoms. The maximum absolute atomic E-state index is 16.7. The number of ether oxygens (including phenoxy) is 1. The summed E-state index contributed by atoms with van der Waals surface area (Å²) in [6.07, 6.45) is 3.87. The van der Waals surface area contributed by atoms with Crippen molar-refractivity contribution in [3.63, 3.8) is 0 Å². The Balaban J connectivity index is 1.14. The molecule has 50 heavy (non-hydrogen) atoms. The standard InChI is InChI=1S/C40H55F3O6S/c1-24-12-14-26(15-13-24)50(46,47)49-23-27-31-22-40(42,43)37-29-17-16-28(38(29,3)20-18-30(37)39(31,4)21-19-33(27)44)25(2)8-6-10-34(45)36-32(41)9-7-11-35(36)48-5/h7,9,11-15,25,27-31,33-34,37,44-45H,6,8,10,16-23H2,1-5H3/t25-,27?,28-,29+,30+,31+,33+,34?,37+,38-,39-/m1/s1. The van der Waals surface area contributed by atoms with Gasteiger partial charge in [-0.25, -0.2) is 13.2 Å². The second-order valence-corrected chi connectivity index (χ2v) is 18.3. The fraction of sp³-hybridized carbons (Fsp3) is 0.700. The van der Waals surface area contributed by atoms with E-state index in [1.165, 1.54) is 25.3 Å². The predicted octanol–water partition coefficient (Wildman–Crippen LogP) is 8.88. The maximum atomic E-state index is 16.7. The molecule has 0 spiro atoms. The number of hydrogen-bond acceptors (Lipinski definition) is 6. The van der Waals surface area contributed by atoms with Gasteiger partial charge < -0.3 is 14.9 Å². The summed E-state index contributed by atoms with van der Waals surface area (Å²) in [5.41, 5.74) is 0.393. The molecule has 0 bridgehead atoms. The molecule has 4 aliphatic rings. The third-order valence-electron chi connectivity index (χ3n) is 14.1. The van der Waals surface area contributed by atoms with Gasteiger partial charge in [-0.2, -0.15) is 8.42 Å². The third kappa shape index (κ3) is 6.64. The number of benzene rings is 2. The number of aliphatic hydroxyl groups excluding tert-OH is 2. The maximum Gasteiger partial charge on any atom is 0.296 e. The van der Waals surface area contributed by atoms with Crippen LogP contribution in [0.2, 0.25) is 0 Å². The first-order valence-corrected chi connectivity index (χ1v) is 20.0. The smallest absolute Gasteiger partial charge is 0.296 e. The van der Waals surface area contributed by atoms with Gasteiger partial charge in [0.15, 0.2) is 0 Å². The zero-order valence-electron chi connectivity index (χ0n) is 30.1. The Morgan fingerprint density at radius 1 is 0.940 bits per heavy atom. The predicted molar refractivity (Wildman–Crippen MR) is 186 cm³/mol. The van der Waals surface area contributed by atoms with Crippen molar-refractivity contribution in [1.29, 1.82) is 0 Å². The molecule has 4 fully saturated rings. The zero-order chi connectivity index (χ0) is 36.2. The van der Waals surface area contributed by atoms with E-state index in [0.717, 1.165) is 31.2 Å². The van der Waals surface area contributed by atoms with E-state index in [2.05, 4.69) is 20.8 Å². The average molecular weight is 721 g/mol. The summed E-state index contributed by atoms with van der Waals surface area (Å²) in [6.45, 7) is 8.09. The van der Waals surface area contributed by atoms with Crippen molar-refractivity contribution in [2.75, 3.05) is 13.7 Å². The molecule has 0 heterocycles. The van der Waals surface area contributed by atoms with Crippen LogP contribution in [0.25, 0.3) is 0 Å². The molecule has 0 amide bonds. The Bertz CT molecular complexity index is 1620. The minimum atomic E-state index is -4.11. The molecule has 2 unspecified atom stereocenters. The highest BCUT2D eigenvalue weighted by atomic mass is 32.2. The van der Waals surface area contributed by atoms with E-state index >= 15 is 8.78 Å². The van der Waals surface area contributed by atoms with Gasteiger partial charge in [0.1, 0.15) is 11.6 Å². The number of aliphatic hydroxyl groups is 2. The first-order valence-electron chi connectivity index (χ1n) is 18.6. The monoisotopic (exact) mass is 720 g/mol. The van der Waals surface area contributed by atoms with Crippen LogP contribution in [0.5, 0.6) is 5.75 Å². The van der Waals surface area contributed by atoms with Crippen molar-refractivity contribution in [2.24, 2.45) is 52.3 Å². The lowest BCUT2D eigenvalue weighted by atomic mass is 9.42. The highest BCUT2D eigenvalue weighted by Crippen LogP contribution is 2.71. The Labute approximate surface area is 296 Å². The lowest BCUT2D eigenvalue weighted by molar-refractivity contribution is -0.251. The van der Waals surface area contributed by atoms with Gasteiger partial charge in [0.05, 0.1) is 36.4 Å². The number of alkyl halides is 2. The number of methoxy groups -OCH3 is 1. The highest BCUT2D eigenvalue weighted by molar-refractivity contribution is 7.86. The summed E-state index contributed by atoms with van der Waals surface area (Å²) in [5, 5.41) is 22.0. The van der Waals surface area contributed by atoms with Crippen LogP contribution >= 0.6 is 0 Å². The van der Waals surface area contributed by atoms with E-state index in [4.69, 9.17) is 8.92 Å². The van der Waals surface area contributed by atoms with E-state index in [0.29, 0.717) is 37.9 Å². The van der Waals surface area contributed by atoms with Gasteiger partial charge in [0.25, 0.3) is 16.0 Å². The van der Waals surface area contributed by atoms with Gasteiger partial charge in [-0.15, -0.1) is 0 Å². The molecule has 0 aliphatic heterocycles. The Morgan fingerprint density at radius 2 is 1.62 bits per heavy atom. The van der Waals surface area contributed by atoms with Crippen LogP contribution in [0.15, 0.2) is 47.4 Å². The minimum Gasteiger partial charge on any atom is -0.496 e. The van der Waals surface area contributed by atoms with Crippen LogP contribution in [0.1, 0.15) is 102 Å². The molecule has 0 radical (unpaired) electrons. The Kier molecular flexibility index (Phi) is 10.5. The summed E-state index contributed by atoms with van der Waals surface area (Å²) in [7, 11) is -2.65. The molecular formula is C40H55F3O6S. The van der Waals surface area contributed by atoms with E-state index < -0.39 is 57.2 Å². The number of hydrogen-bond donors (Lipinski definition) is 2. The van der Waals surface area contributed by atoms with Gasteiger partial charge in [-0.1, -0.05) is 57.4 Å². The van der Waals surface area contributed by atoms with Gasteiger partial charge in [-0.3, -0.25) is 4.18 Å². The summed E-state index contributed by atoms with van der Waals surface area (Å²) in [6, 6.07) is 10.9. The summed E-state index contributed by atoms with van der Waals surface area (Å²) < 4.78 is 84.9. The van der Waals surface area contributed by atoms with E-state index in [-0.39, 0.29) is 52.6 Å². The zero-order valence-corrected chi connectivity index (χ0v) is 30.9. The molecule has 11 atom stereocenters. The number of halogens is 3. The molecule has 4 aliphatic carbocycles. The number of aryl methyl sites for hydroxylation is 1. The van der Waals surface area contributed by atoms with Crippen molar-refractivity contribution in [1.82, 2.24) is 0 Å². The van der Waals surface area contributed by atoms with Crippen molar-refractivity contribution in [2.45, 2.75) is 115 Å². The van der Waals surface area contributed by atoms with Crippen LogP contribution in [-0.2, 0) is 14.3 Å². The normalized spacial score (nSPS) is 36.2. The molecule has 278 valence electrons. The molecule has 0 saturated heterocycles. The van der Waals surface area contributed by atoms with Gasteiger partial charge in [0.2, 0.25) is 0 Å². The second-order valence-electron chi connectivity index (χ2n) is 16.6. The molecule has 4 saturated carbocycles. The number of fused-ring (bicyclic) bond motifs is 5. The average Bonchev–Trinajstić information content (AvgIpc) is 3.42. The fourth-order valence-electron chi connectivity index (χ4n) is 11.5. The number of rotatable bonds is 11. The molecular weight excluding hydrogens is 665 g/mol. The molecule has 6 nitrogen and oxygen atoms in total. The van der Waals surface area contributed by atoms with Crippen molar-refractivity contribution < 1.29 is 40.7 Å². The largest absolute Gasteiger partial charge is 0.496 e. The summed E-state index contributed by atoms with van der Waals surface area (Å²) in [4.78, 5) is 0.0169. The van der Waals surface area contributed by atoms with Gasteiger partial charge in [-0.05, 0) is 117 Å². The first kappa shape index (κ1) is 37.6. The lowest BCUT2D eigenvalue weighted by Gasteiger charge is -2.64. The van der Waals surface area contributed by atoms with Crippen LogP contribution in [-0.4, -0.2) is 44.4 Å². The SMILES string of the molecule is COc1cccc(F)c1C(O)CCC[C@@H](C)[C@H]1CC[C@H]2[C@H]3[C@H](CC[C@]12C)[C@@]1(C)CC[C@H](O)C(COS(=O)(=O)c2ccc(C)cc2)[C@@H]1CC3(F)F. The first-order chi connectivity index (χ1) is 23.5. The molecule has 0 aromatic heterocycles. The molecule has 2 aromatic rings. The second kappa shape index (κ2) is 14.0. The summed E-state index contributed by atoms with van der Waals surface area (Å²) >= 11 is 0. The van der Waals surface area contributed by atoms with Crippen molar-refractivity contribution >= 4 is 10.1 Å². The summed E-state index contributed by atoms with van der Waals surface area (Å²) in [5.74, 6) is -4.95. The van der Waals surface area contributed by atoms with E-state index in [9.17, 15) is 23.0 Å². The van der Waals surface area contributed by atoms with Crippen LogP contribution in [0.3, 0.4) is 0 Å². The van der Waals surface area contributed by atoms with E-state index in [1.54, 1.807) is 24.3 Å². The van der Waals surface area contributed by atoms with Crippen LogP contribution < -0.4 is 4.74 Å². The molecule has 6 rings (SSSR count). The Morgan fingerprint density at radius 3 is 2.32 bits per heavy atom. The molecule has 2 aromatic carbocycles. The van der Waals surface area contributed by atoms with Crippen LogP contribution in [0.4, 0.5) is 13.2 Å². The molecule has 2 N–H and O–H groups in total. The van der Waals surface area contributed by atoms with Crippen molar-refractivity contribution in [3.8, 4) is 5.75 Å². The van der Waals surface area contributed by atoms with Gasteiger partial charge >= 0.3 is 0 Å². The minimum absolute atomic E-state index is 0.0169. The fourth-order valence-corrected chi connectivity index (χ4v) is 12.4. The third-order valence-corrected chi connectivity index (χ3v) is 15.4. The quantitative estimate of drug-likeness (QED) is 0.226. The lowest BCUT2D eigenvalue weighted by Crippen LogP contribution is -2.63. The van der Waals surface area contributed by atoms with E-state index in [1.807, 2.05) is 6.92 Å².